The van der Waals surface area contributed by atoms with Gasteiger partial charge in [-0.1, -0.05) is 17.7 Å². The van der Waals surface area contributed by atoms with Gasteiger partial charge in [0.2, 0.25) is 0 Å². The van der Waals surface area contributed by atoms with E-state index in [9.17, 15) is 0 Å². The molecule has 0 aliphatic heterocycles. The fourth-order valence-corrected chi connectivity index (χ4v) is 3.51. The minimum absolute atomic E-state index is 0.525. The van der Waals surface area contributed by atoms with Gasteiger partial charge in [-0.05, 0) is 37.5 Å². The lowest BCUT2D eigenvalue weighted by Gasteiger charge is -2.12. The average Bonchev–Trinajstić information content (AvgIpc) is 2.91. The van der Waals surface area contributed by atoms with Crippen LogP contribution in [0.15, 0.2) is 12.1 Å². The van der Waals surface area contributed by atoms with E-state index in [0.717, 1.165) is 0 Å². The second kappa shape index (κ2) is 27.0. The summed E-state index contributed by atoms with van der Waals surface area (Å²) < 4.78 is 54.3. The molecule has 0 N–H and O–H groups in total. The lowest BCUT2D eigenvalue weighted by Crippen LogP contribution is -2.15. The summed E-state index contributed by atoms with van der Waals surface area (Å²) in [4.78, 5) is 0. The highest BCUT2D eigenvalue weighted by molar-refractivity contribution is 5.36. The molecule has 1 rings (SSSR count). The van der Waals surface area contributed by atoms with Crippen molar-refractivity contribution in [3.8, 4) is 0 Å². The Morgan fingerprint density at radius 2 is 0.641 bits per heavy atom. The average molecular weight is 561 g/mol. The van der Waals surface area contributed by atoms with Crippen molar-refractivity contribution in [1.82, 2.24) is 0 Å². The minimum atomic E-state index is 0.525. The summed E-state index contributed by atoms with van der Waals surface area (Å²) in [6.07, 6.45) is 0. The van der Waals surface area contributed by atoms with Gasteiger partial charge in [-0.15, -0.1) is 0 Å². The molecule has 0 bridgehead atoms. The quantitative estimate of drug-likeness (QED) is 0.136. The Morgan fingerprint density at radius 1 is 0.385 bits per heavy atom. The highest BCUT2D eigenvalue weighted by Gasteiger charge is 2.04. The van der Waals surface area contributed by atoms with Gasteiger partial charge in [0.1, 0.15) is 0 Å². The van der Waals surface area contributed by atoms with Crippen LogP contribution in [-0.4, -0.2) is 126 Å². The van der Waals surface area contributed by atoms with Gasteiger partial charge in [0.05, 0.1) is 126 Å². The van der Waals surface area contributed by atoms with Gasteiger partial charge in [-0.25, -0.2) is 0 Å². The third kappa shape index (κ3) is 22.2. The highest BCUT2D eigenvalue weighted by atomic mass is 16.6. The Kier molecular flexibility index (Phi) is 24.8. The van der Waals surface area contributed by atoms with E-state index in [0.29, 0.717) is 126 Å². The van der Waals surface area contributed by atoms with Gasteiger partial charge in [0.15, 0.2) is 0 Å². The standard InChI is InChI=1S/C29H52O10/c1-26-23-27(2)29(28(3)24-26)25-39-22-21-38-20-19-37-18-17-36-16-15-35-14-13-34-12-11-33-10-9-32-8-7-31-6-5-30-4/h23-24H,5-22,25H2,1-4H3. The molecule has 0 aromatic heterocycles. The first kappa shape index (κ1) is 35.8. The maximum Gasteiger partial charge on any atom is 0.0723 e. The van der Waals surface area contributed by atoms with E-state index in [1.807, 2.05) is 0 Å². The van der Waals surface area contributed by atoms with Crippen LogP contribution in [0.5, 0.6) is 0 Å². The summed E-state index contributed by atoms with van der Waals surface area (Å²) in [6, 6.07) is 4.38. The summed E-state index contributed by atoms with van der Waals surface area (Å²) in [7, 11) is 1.65. The van der Waals surface area contributed by atoms with Crippen LogP contribution in [0.4, 0.5) is 0 Å². The van der Waals surface area contributed by atoms with Crippen LogP contribution in [0.2, 0.25) is 0 Å². The fourth-order valence-electron chi connectivity index (χ4n) is 3.51. The molecular formula is C29H52O10. The van der Waals surface area contributed by atoms with Crippen LogP contribution in [0.25, 0.3) is 0 Å². The molecule has 0 saturated heterocycles. The van der Waals surface area contributed by atoms with Crippen LogP contribution < -0.4 is 0 Å². The van der Waals surface area contributed by atoms with E-state index >= 15 is 0 Å². The monoisotopic (exact) mass is 560 g/mol. The van der Waals surface area contributed by atoms with Gasteiger partial charge >= 0.3 is 0 Å². The molecule has 0 saturated carbocycles. The first-order valence-corrected chi connectivity index (χ1v) is 13.9. The lowest BCUT2D eigenvalue weighted by atomic mass is 10.0. The molecule has 39 heavy (non-hydrogen) atoms. The summed E-state index contributed by atoms with van der Waals surface area (Å²) in [5.74, 6) is 0. The van der Waals surface area contributed by atoms with Crippen LogP contribution in [0.3, 0.4) is 0 Å². The number of aryl methyl sites for hydroxylation is 3. The molecule has 0 aliphatic carbocycles. The van der Waals surface area contributed by atoms with E-state index in [2.05, 4.69) is 32.9 Å². The third-order valence-electron chi connectivity index (χ3n) is 5.49. The zero-order chi connectivity index (χ0) is 28.2. The number of hydrogen-bond donors (Lipinski definition) is 0. The molecule has 0 atom stereocenters. The zero-order valence-corrected chi connectivity index (χ0v) is 24.7. The van der Waals surface area contributed by atoms with Crippen LogP contribution in [0, 0.1) is 20.8 Å². The normalized spacial score (nSPS) is 11.5. The van der Waals surface area contributed by atoms with Crippen molar-refractivity contribution in [2.75, 3.05) is 126 Å². The van der Waals surface area contributed by atoms with E-state index in [-0.39, 0.29) is 0 Å². The summed E-state index contributed by atoms with van der Waals surface area (Å²) in [6.45, 7) is 16.8. The predicted octanol–water partition coefficient (Wildman–Crippen LogP) is 2.91. The Hall–Kier alpha value is -1.18. The Bertz CT molecular complexity index is 650. The third-order valence-corrected chi connectivity index (χ3v) is 5.49. The molecule has 1 aromatic carbocycles. The van der Waals surface area contributed by atoms with Gasteiger partial charge in [-0.2, -0.15) is 0 Å². The number of hydrogen-bond acceptors (Lipinski definition) is 10. The maximum absolute atomic E-state index is 5.76. The van der Waals surface area contributed by atoms with E-state index in [1.54, 1.807) is 7.11 Å². The summed E-state index contributed by atoms with van der Waals surface area (Å²) >= 11 is 0. The lowest BCUT2D eigenvalue weighted by molar-refractivity contribution is -0.0262. The second-order valence-corrected chi connectivity index (χ2v) is 8.82. The Morgan fingerprint density at radius 3 is 0.923 bits per heavy atom. The molecule has 0 heterocycles. The fraction of sp³-hybridized carbons (Fsp3) is 0.793. The van der Waals surface area contributed by atoms with Gasteiger partial charge in [-0.3, -0.25) is 0 Å². The van der Waals surface area contributed by atoms with Crippen molar-refractivity contribution in [3.63, 3.8) is 0 Å². The molecular weight excluding hydrogens is 508 g/mol. The molecule has 0 aliphatic rings. The summed E-state index contributed by atoms with van der Waals surface area (Å²) in [5.41, 5.74) is 5.09. The summed E-state index contributed by atoms with van der Waals surface area (Å²) in [5, 5.41) is 0. The highest BCUT2D eigenvalue weighted by Crippen LogP contribution is 2.17. The topological polar surface area (TPSA) is 92.3 Å². The molecule has 0 unspecified atom stereocenters. The number of benzene rings is 1. The van der Waals surface area contributed by atoms with Crippen molar-refractivity contribution in [2.24, 2.45) is 0 Å². The maximum atomic E-state index is 5.76. The van der Waals surface area contributed by atoms with Crippen LogP contribution in [-0.2, 0) is 54.0 Å². The molecule has 228 valence electrons. The minimum Gasteiger partial charge on any atom is -0.382 e. The molecule has 10 heteroatoms. The van der Waals surface area contributed by atoms with Crippen molar-refractivity contribution in [2.45, 2.75) is 27.4 Å². The van der Waals surface area contributed by atoms with Gasteiger partial charge in [0, 0.05) is 7.11 Å². The van der Waals surface area contributed by atoms with E-state index in [4.69, 9.17) is 47.4 Å². The number of methoxy groups -OCH3 is 1. The van der Waals surface area contributed by atoms with E-state index < -0.39 is 0 Å². The van der Waals surface area contributed by atoms with Gasteiger partial charge < -0.3 is 47.4 Å². The van der Waals surface area contributed by atoms with Crippen molar-refractivity contribution < 1.29 is 47.4 Å². The SMILES string of the molecule is COCCOCCOCCOCCOCCOCCOCCOCCOCCOCc1c(C)cc(C)cc1C. The van der Waals surface area contributed by atoms with Crippen molar-refractivity contribution in [1.29, 1.82) is 0 Å². The smallest absolute Gasteiger partial charge is 0.0723 e. The van der Waals surface area contributed by atoms with Crippen LogP contribution in [0.1, 0.15) is 22.3 Å². The number of ether oxygens (including phenoxy) is 10. The molecule has 0 spiro atoms. The zero-order valence-electron chi connectivity index (χ0n) is 24.7. The van der Waals surface area contributed by atoms with Crippen LogP contribution >= 0.6 is 0 Å². The Balaban J connectivity index is 1.70. The predicted molar refractivity (Wildman–Crippen MR) is 149 cm³/mol. The molecule has 1 aromatic rings. The Labute approximate surface area is 235 Å². The first-order chi connectivity index (χ1) is 19.1. The molecule has 0 radical (unpaired) electrons. The molecule has 0 amide bonds. The van der Waals surface area contributed by atoms with Crippen molar-refractivity contribution in [3.05, 3.63) is 34.4 Å². The molecule has 0 fully saturated rings. The number of rotatable bonds is 29. The second-order valence-electron chi connectivity index (χ2n) is 8.82. The van der Waals surface area contributed by atoms with Crippen molar-refractivity contribution >= 4 is 0 Å². The van der Waals surface area contributed by atoms with Gasteiger partial charge in [0.25, 0.3) is 0 Å². The largest absolute Gasteiger partial charge is 0.382 e. The van der Waals surface area contributed by atoms with E-state index in [1.165, 1.54) is 22.3 Å². The molecule has 10 nitrogen and oxygen atoms in total. The first-order valence-electron chi connectivity index (χ1n) is 13.9.